The number of aromatic amines is 1. The van der Waals surface area contributed by atoms with Crippen molar-refractivity contribution in [2.24, 2.45) is 5.18 Å². The predicted octanol–water partition coefficient (Wildman–Crippen LogP) is 3.11. The van der Waals surface area contributed by atoms with Crippen LogP contribution in [0.25, 0.3) is 11.4 Å². The Balaban J connectivity index is 1.73. The van der Waals surface area contributed by atoms with Crippen LogP contribution in [0.4, 0.5) is 5.69 Å². The summed E-state index contributed by atoms with van der Waals surface area (Å²) in [7, 11) is 0. The summed E-state index contributed by atoms with van der Waals surface area (Å²) < 4.78 is 0. The lowest BCUT2D eigenvalue weighted by Gasteiger charge is -2.06. The van der Waals surface area contributed by atoms with Crippen LogP contribution < -0.4 is 5.32 Å². The molecule has 1 heterocycles. The molecule has 8 nitrogen and oxygen atoms in total. The first-order chi connectivity index (χ1) is 12.7. The fourth-order valence-corrected chi connectivity index (χ4v) is 2.70. The number of anilines is 1. The van der Waals surface area contributed by atoms with Gasteiger partial charge in [-0.1, -0.05) is 42.1 Å². The highest BCUT2D eigenvalue weighted by Crippen LogP contribution is 2.21. The van der Waals surface area contributed by atoms with E-state index in [0.29, 0.717) is 27.8 Å². The SMILES string of the molecule is O=NC(=O)CSc1n[nH]c(-c2cccc(C(=O)Nc3ccccc3)c2)n1. The molecule has 9 heteroatoms. The van der Waals surface area contributed by atoms with E-state index in [0.717, 1.165) is 11.8 Å². The number of hydrogen-bond donors (Lipinski definition) is 2. The smallest absolute Gasteiger partial charge is 0.296 e. The molecule has 2 N–H and O–H groups in total. The molecule has 3 aromatic rings. The minimum absolute atomic E-state index is 0.125. The second kappa shape index (κ2) is 8.17. The average molecular weight is 367 g/mol. The molecule has 0 spiro atoms. The number of carbonyl (C=O) groups is 2. The molecule has 130 valence electrons. The number of nitrogens with one attached hydrogen (secondary N) is 2. The van der Waals surface area contributed by atoms with Crippen molar-refractivity contribution in [3.8, 4) is 11.4 Å². The molecule has 0 aliphatic carbocycles. The quantitative estimate of drug-likeness (QED) is 0.511. The zero-order valence-corrected chi connectivity index (χ0v) is 14.2. The van der Waals surface area contributed by atoms with Crippen molar-refractivity contribution in [2.75, 3.05) is 11.1 Å². The van der Waals surface area contributed by atoms with Gasteiger partial charge in [0.05, 0.1) is 5.75 Å². The second-order valence-electron chi connectivity index (χ2n) is 5.14. The molecule has 2 aromatic carbocycles. The molecule has 0 unspecified atom stereocenters. The van der Waals surface area contributed by atoms with Gasteiger partial charge in [0.15, 0.2) is 5.82 Å². The molecular formula is C17H13N5O3S. The van der Waals surface area contributed by atoms with Crippen LogP contribution in [0.3, 0.4) is 0 Å². The molecule has 0 bridgehead atoms. The van der Waals surface area contributed by atoms with Crippen molar-refractivity contribution in [1.29, 1.82) is 0 Å². The lowest BCUT2D eigenvalue weighted by molar-refractivity contribution is -0.115. The maximum absolute atomic E-state index is 12.4. The fraction of sp³-hybridized carbons (Fsp3) is 0.0588. The molecule has 0 saturated heterocycles. The number of thioether (sulfide) groups is 1. The van der Waals surface area contributed by atoms with Crippen LogP contribution in [0.15, 0.2) is 64.9 Å². The first-order valence-corrected chi connectivity index (χ1v) is 8.52. The van der Waals surface area contributed by atoms with Crippen LogP contribution in [0.2, 0.25) is 0 Å². The molecule has 0 radical (unpaired) electrons. The fourth-order valence-electron chi connectivity index (χ4n) is 2.13. The summed E-state index contributed by atoms with van der Waals surface area (Å²) in [6.45, 7) is 0. The molecule has 1 aromatic heterocycles. The lowest BCUT2D eigenvalue weighted by atomic mass is 10.1. The topological polar surface area (TPSA) is 117 Å². The van der Waals surface area contributed by atoms with Crippen LogP contribution in [0, 0.1) is 4.91 Å². The summed E-state index contributed by atoms with van der Waals surface area (Å²) in [4.78, 5) is 37.6. The number of nitrogens with zero attached hydrogens (tertiary/aromatic N) is 3. The van der Waals surface area contributed by atoms with E-state index in [2.05, 4.69) is 25.7 Å². The number of carbonyl (C=O) groups excluding carboxylic acids is 2. The van der Waals surface area contributed by atoms with Gasteiger partial charge in [-0.3, -0.25) is 14.7 Å². The van der Waals surface area contributed by atoms with Gasteiger partial charge < -0.3 is 5.32 Å². The van der Waals surface area contributed by atoms with E-state index in [-0.39, 0.29) is 11.7 Å². The third kappa shape index (κ3) is 4.39. The van der Waals surface area contributed by atoms with Crippen molar-refractivity contribution in [3.05, 3.63) is 65.1 Å². The van der Waals surface area contributed by atoms with Gasteiger partial charge in [-0.05, 0) is 24.3 Å². The third-order valence-electron chi connectivity index (χ3n) is 3.32. The van der Waals surface area contributed by atoms with Crippen LogP contribution in [-0.4, -0.2) is 32.7 Å². The molecule has 0 saturated carbocycles. The number of nitroso groups, excluding NO2 is 1. The molecular weight excluding hydrogens is 354 g/mol. The highest BCUT2D eigenvalue weighted by Gasteiger charge is 2.12. The van der Waals surface area contributed by atoms with Gasteiger partial charge in [-0.15, -0.1) is 10.0 Å². The Morgan fingerprint density at radius 1 is 1.12 bits per heavy atom. The lowest BCUT2D eigenvalue weighted by Crippen LogP contribution is -2.11. The summed E-state index contributed by atoms with van der Waals surface area (Å²) in [5.74, 6) is -0.690. The maximum Gasteiger partial charge on any atom is 0.296 e. The Morgan fingerprint density at radius 2 is 1.92 bits per heavy atom. The zero-order valence-electron chi connectivity index (χ0n) is 13.4. The largest absolute Gasteiger partial charge is 0.322 e. The molecule has 2 amide bonds. The van der Waals surface area contributed by atoms with Gasteiger partial charge in [-0.25, -0.2) is 4.98 Å². The molecule has 0 atom stereocenters. The standard InChI is InChI=1S/C17H13N5O3S/c23-14(22-25)10-26-17-19-15(20-21-17)11-5-4-6-12(9-11)16(24)18-13-7-2-1-3-8-13/h1-9H,10H2,(H,18,24)(H,19,20,21). The van der Waals surface area contributed by atoms with Crippen LogP contribution in [0.5, 0.6) is 0 Å². The monoisotopic (exact) mass is 367 g/mol. The van der Waals surface area contributed by atoms with Crippen molar-refractivity contribution in [1.82, 2.24) is 15.2 Å². The molecule has 26 heavy (non-hydrogen) atoms. The first kappa shape index (κ1) is 17.5. The van der Waals surface area contributed by atoms with Gasteiger partial charge in [0, 0.05) is 22.0 Å². The molecule has 0 aliphatic heterocycles. The number of hydrogen-bond acceptors (Lipinski definition) is 6. The predicted molar refractivity (Wildman–Crippen MR) is 97.7 cm³/mol. The van der Waals surface area contributed by atoms with Crippen molar-refractivity contribution >= 4 is 29.3 Å². The van der Waals surface area contributed by atoms with Crippen LogP contribution in [-0.2, 0) is 4.79 Å². The van der Waals surface area contributed by atoms with E-state index in [9.17, 15) is 14.5 Å². The van der Waals surface area contributed by atoms with Crippen molar-refractivity contribution in [2.45, 2.75) is 5.16 Å². The van der Waals surface area contributed by atoms with Gasteiger partial charge in [0.1, 0.15) is 0 Å². The Bertz CT molecular complexity index is 942. The number of aromatic nitrogens is 3. The van der Waals surface area contributed by atoms with E-state index >= 15 is 0 Å². The number of benzene rings is 2. The molecule has 0 fully saturated rings. The number of H-pyrrole nitrogens is 1. The summed E-state index contributed by atoms with van der Waals surface area (Å²) in [6, 6.07) is 16.1. The number of para-hydroxylation sites is 1. The van der Waals surface area contributed by atoms with Gasteiger partial charge in [-0.2, -0.15) is 0 Å². The number of rotatable bonds is 6. The molecule has 0 aliphatic rings. The van der Waals surface area contributed by atoms with E-state index in [1.807, 2.05) is 18.2 Å². The van der Waals surface area contributed by atoms with Crippen molar-refractivity contribution < 1.29 is 9.59 Å². The van der Waals surface area contributed by atoms with Crippen LogP contribution >= 0.6 is 11.8 Å². The van der Waals surface area contributed by atoms with Crippen LogP contribution in [0.1, 0.15) is 10.4 Å². The highest BCUT2D eigenvalue weighted by molar-refractivity contribution is 7.99. The summed E-state index contributed by atoms with van der Waals surface area (Å²) in [5, 5.41) is 12.2. The normalized spacial score (nSPS) is 10.3. The summed E-state index contributed by atoms with van der Waals surface area (Å²) in [5.41, 5.74) is 1.84. The van der Waals surface area contributed by atoms with Crippen molar-refractivity contribution in [3.63, 3.8) is 0 Å². The van der Waals surface area contributed by atoms with E-state index in [1.54, 1.807) is 36.4 Å². The summed E-state index contributed by atoms with van der Waals surface area (Å²) in [6.07, 6.45) is 0. The van der Waals surface area contributed by atoms with E-state index in [4.69, 9.17) is 0 Å². The average Bonchev–Trinajstić information content (AvgIpc) is 3.16. The van der Waals surface area contributed by atoms with E-state index < -0.39 is 5.91 Å². The zero-order chi connectivity index (χ0) is 18.4. The molecule has 3 rings (SSSR count). The van der Waals surface area contributed by atoms with Gasteiger partial charge in [0.25, 0.3) is 11.8 Å². The summed E-state index contributed by atoms with van der Waals surface area (Å²) >= 11 is 1.00. The minimum atomic E-state index is -0.777. The van der Waals surface area contributed by atoms with Gasteiger partial charge >= 0.3 is 0 Å². The van der Waals surface area contributed by atoms with Gasteiger partial charge in [0.2, 0.25) is 5.16 Å². The second-order valence-corrected chi connectivity index (χ2v) is 6.08. The highest BCUT2D eigenvalue weighted by atomic mass is 32.2. The third-order valence-corrected chi connectivity index (χ3v) is 4.15. The number of amides is 2. The maximum atomic E-state index is 12.4. The Labute approximate surface area is 152 Å². The Hall–Kier alpha value is -3.33. The Kier molecular flexibility index (Phi) is 5.49. The minimum Gasteiger partial charge on any atom is -0.322 e. The first-order valence-electron chi connectivity index (χ1n) is 7.54. The van der Waals surface area contributed by atoms with E-state index in [1.165, 1.54) is 0 Å². The Morgan fingerprint density at radius 3 is 2.69 bits per heavy atom.